The molecule has 12 heteroatoms. The van der Waals surface area contributed by atoms with E-state index in [1.54, 1.807) is 19.2 Å². The second-order valence-corrected chi connectivity index (χ2v) is 6.45. The Balaban J connectivity index is 0.00000420. The molecule has 1 aliphatic heterocycles. The highest BCUT2D eigenvalue weighted by atomic mass is 127. The van der Waals surface area contributed by atoms with Gasteiger partial charge in [0.25, 0.3) is 5.69 Å². The van der Waals surface area contributed by atoms with Crippen molar-refractivity contribution < 1.29 is 18.1 Å². The maximum Gasteiger partial charge on any atom is 0.403 e. The number of nitrogens with one attached hydrogen (secondary N) is 2. The van der Waals surface area contributed by atoms with E-state index in [-0.39, 0.29) is 29.7 Å². The van der Waals surface area contributed by atoms with Crippen LogP contribution in [0.15, 0.2) is 29.3 Å². The summed E-state index contributed by atoms with van der Waals surface area (Å²) in [5.41, 5.74) is 0.792. The summed E-state index contributed by atoms with van der Waals surface area (Å²) in [7, 11) is 1.64. The van der Waals surface area contributed by atoms with Crippen molar-refractivity contribution in [3.8, 4) is 0 Å². The number of aliphatic imine (C=N–C) groups is 1. The van der Waals surface area contributed by atoms with E-state index < -0.39 is 17.1 Å². The zero-order valence-electron chi connectivity index (χ0n) is 16.3. The van der Waals surface area contributed by atoms with Crippen LogP contribution in [-0.2, 0) is 0 Å². The number of hydrogen-bond donors (Lipinski definition) is 2. The summed E-state index contributed by atoms with van der Waals surface area (Å²) in [6.45, 7) is 3.87. The highest BCUT2D eigenvalue weighted by Gasteiger charge is 2.41. The third kappa shape index (κ3) is 7.49. The Kier molecular flexibility index (Phi) is 9.89. The van der Waals surface area contributed by atoms with Crippen LogP contribution in [0.5, 0.6) is 0 Å². The van der Waals surface area contributed by atoms with Gasteiger partial charge in [-0.25, -0.2) is 0 Å². The number of nitro benzene ring substituents is 1. The number of guanidine groups is 1. The monoisotopic (exact) mass is 530 g/mol. The van der Waals surface area contributed by atoms with Gasteiger partial charge in [-0.15, -0.1) is 24.0 Å². The van der Waals surface area contributed by atoms with Crippen LogP contribution in [0.25, 0.3) is 0 Å². The molecule has 0 bridgehead atoms. The molecule has 1 heterocycles. The molecule has 1 aromatic rings. The lowest BCUT2D eigenvalue weighted by Gasteiger charge is -2.39. The predicted molar refractivity (Wildman–Crippen MR) is 117 cm³/mol. The Bertz CT molecular complexity index is 679. The largest absolute Gasteiger partial charge is 0.403 e. The van der Waals surface area contributed by atoms with Gasteiger partial charge >= 0.3 is 6.18 Å². The number of nitro groups is 1. The topological polar surface area (TPSA) is 86.0 Å². The summed E-state index contributed by atoms with van der Waals surface area (Å²) in [5, 5.41) is 17.0. The van der Waals surface area contributed by atoms with E-state index in [2.05, 4.69) is 15.6 Å². The summed E-state index contributed by atoms with van der Waals surface area (Å²) in [4.78, 5) is 17.7. The Labute approximate surface area is 184 Å². The predicted octanol–water partition coefficient (Wildman–Crippen LogP) is 2.77. The van der Waals surface area contributed by atoms with E-state index in [9.17, 15) is 23.3 Å². The molecule has 1 fully saturated rings. The van der Waals surface area contributed by atoms with Crippen molar-refractivity contribution in [2.24, 2.45) is 4.99 Å². The first-order valence-electron chi connectivity index (χ1n) is 8.97. The van der Waals surface area contributed by atoms with E-state index in [1.807, 2.05) is 4.90 Å². The van der Waals surface area contributed by atoms with Crippen LogP contribution < -0.4 is 10.6 Å². The van der Waals surface area contributed by atoms with Crippen molar-refractivity contribution in [2.45, 2.75) is 19.1 Å². The van der Waals surface area contributed by atoms with Gasteiger partial charge in [0, 0.05) is 64.1 Å². The minimum atomic E-state index is -4.22. The number of alkyl halides is 3. The number of benzene rings is 1. The first-order chi connectivity index (χ1) is 13.2. The molecule has 1 aliphatic rings. The van der Waals surface area contributed by atoms with E-state index in [4.69, 9.17) is 0 Å². The van der Waals surface area contributed by atoms with Crippen LogP contribution in [0.3, 0.4) is 0 Å². The molecule has 2 N–H and O–H groups in total. The number of nitrogens with zero attached hydrogens (tertiary/aromatic N) is 4. The number of rotatable bonds is 6. The maximum absolute atomic E-state index is 12.8. The van der Waals surface area contributed by atoms with Crippen molar-refractivity contribution in [1.82, 2.24) is 15.1 Å². The van der Waals surface area contributed by atoms with Crippen LogP contribution in [0.1, 0.15) is 6.92 Å². The molecule has 0 radical (unpaired) electrons. The van der Waals surface area contributed by atoms with Crippen molar-refractivity contribution in [2.75, 3.05) is 51.6 Å². The molecule has 1 aromatic carbocycles. The molecule has 1 saturated heterocycles. The summed E-state index contributed by atoms with van der Waals surface area (Å²) in [5.74, 6) is 0.643. The van der Waals surface area contributed by atoms with Crippen molar-refractivity contribution in [3.63, 3.8) is 0 Å². The van der Waals surface area contributed by atoms with E-state index in [0.29, 0.717) is 45.2 Å². The first kappa shape index (κ1) is 25.2. The molecular formula is C17H26F3IN6O2. The van der Waals surface area contributed by atoms with Crippen LogP contribution in [-0.4, -0.2) is 79.2 Å². The lowest BCUT2D eigenvalue weighted by molar-refractivity contribution is -0.384. The molecule has 0 aliphatic carbocycles. The Morgan fingerprint density at radius 3 is 2.28 bits per heavy atom. The quantitative estimate of drug-likeness (QED) is 0.147. The van der Waals surface area contributed by atoms with E-state index in [1.165, 1.54) is 24.0 Å². The average molecular weight is 530 g/mol. The molecule has 29 heavy (non-hydrogen) atoms. The van der Waals surface area contributed by atoms with Crippen LogP contribution >= 0.6 is 24.0 Å². The van der Waals surface area contributed by atoms with E-state index in [0.717, 1.165) is 5.69 Å². The Morgan fingerprint density at radius 2 is 1.79 bits per heavy atom. The molecule has 2 rings (SSSR count). The summed E-state index contributed by atoms with van der Waals surface area (Å²) in [6, 6.07) is 4.67. The zero-order valence-corrected chi connectivity index (χ0v) is 18.6. The Morgan fingerprint density at radius 1 is 1.21 bits per heavy atom. The molecule has 0 saturated carbocycles. The lowest BCUT2D eigenvalue weighted by atomic mass is 10.2. The highest BCUT2D eigenvalue weighted by Crippen LogP contribution is 2.25. The van der Waals surface area contributed by atoms with Crippen molar-refractivity contribution in [1.29, 1.82) is 0 Å². The molecule has 8 nitrogen and oxygen atoms in total. The normalized spacial score (nSPS) is 16.7. The fourth-order valence-corrected chi connectivity index (χ4v) is 2.94. The number of hydrogen-bond acceptors (Lipinski definition) is 5. The van der Waals surface area contributed by atoms with Gasteiger partial charge in [-0.3, -0.25) is 20.0 Å². The molecule has 0 amide bonds. The zero-order chi connectivity index (χ0) is 20.7. The molecule has 1 unspecified atom stereocenters. The minimum Gasteiger partial charge on any atom is -0.383 e. The number of anilines is 1. The van der Waals surface area contributed by atoms with Gasteiger partial charge in [-0.2, -0.15) is 13.2 Å². The van der Waals surface area contributed by atoms with E-state index >= 15 is 0 Å². The van der Waals surface area contributed by atoms with Gasteiger partial charge in [-0.1, -0.05) is 0 Å². The van der Waals surface area contributed by atoms with Gasteiger partial charge in [0.2, 0.25) is 0 Å². The molecular weight excluding hydrogens is 504 g/mol. The molecule has 1 atom stereocenters. The molecule has 0 aromatic heterocycles. The third-order valence-electron chi connectivity index (χ3n) is 4.66. The maximum atomic E-state index is 12.8. The van der Waals surface area contributed by atoms with Crippen LogP contribution in [0.4, 0.5) is 24.5 Å². The number of piperazine rings is 1. The number of non-ortho nitro benzene ring substituents is 1. The number of halogens is 4. The van der Waals surface area contributed by atoms with Crippen LogP contribution in [0.2, 0.25) is 0 Å². The lowest BCUT2D eigenvalue weighted by Crippen LogP contribution is -2.57. The third-order valence-corrected chi connectivity index (χ3v) is 4.66. The van der Waals surface area contributed by atoms with Gasteiger partial charge in [-0.05, 0) is 19.1 Å². The molecule has 0 spiro atoms. The summed E-state index contributed by atoms with van der Waals surface area (Å²) < 4.78 is 38.5. The molecule has 164 valence electrons. The van der Waals surface area contributed by atoms with Gasteiger partial charge in [0.05, 0.1) is 4.92 Å². The highest BCUT2D eigenvalue weighted by molar-refractivity contribution is 14.0. The SMILES string of the molecule is CN=C(NCCNc1ccc([N+](=O)[O-])cc1)N1CCN(C(C)C(F)(F)F)CC1.I. The van der Waals surface area contributed by atoms with Crippen LogP contribution in [0, 0.1) is 10.1 Å². The smallest absolute Gasteiger partial charge is 0.383 e. The second-order valence-electron chi connectivity index (χ2n) is 6.45. The van der Waals surface area contributed by atoms with Gasteiger partial charge < -0.3 is 15.5 Å². The van der Waals surface area contributed by atoms with Gasteiger partial charge in [0.1, 0.15) is 6.04 Å². The second kappa shape index (κ2) is 11.4. The Hall–Kier alpha value is -1.83. The van der Waals surface area contributed by atoms with Gasteiger partial charge in [0.15, 0.2) is 5.96 Å². The van der Waals surface area contributed by atoms with Crippen molar-refractivity contribution in [3.05, 3.63) is 34.4 Å². The first-order valence-corrected chi connectivity index (χ1v) is 8.97. The fourth-order valence-electron chi connectivity index (χ4n) is 2.94. The van der Waals surface area contributed by atoms with Crippen molar-refractivity contribution >= 4 is 41.3 Å². The fraction of sp³-hybridized carbons (Fsp3) is 0.588. The summed E-state index contributed by atoms with van der Waals surface area (Å²) >= 11 is 0. The minimum absolute atomic E-state index is 0. The summed E-state index contributed by atoms with van der Waals surface area (Å²) in [6.07, 6.45) is -4.22. The standard InChI is InChI=1S/C17H25F3N6O2.HI/c1-13(17(18,19)20)24-9-11-25(12-10-24)16(21-2)23-8-7-22-14-3-5-15(6-4-14)26(27)28;/h3-6,13,22H,7-12H2,1-2H3,(H,21,23);1H. The average Bonchev–Trinajstić information content (AvgIpc) is 2.67.